The zero-order chi connectivity index (χ0) is 19.1. The minimum atomic E-state index is -0.00704. The lowest BCUT2D eigenvalue weighted by Gasteiger charge is -2.11. The van der Waals surface area contributed by atoms with Gasteiger partial charge in [0.2, 0.25) is 5.91 Å². The van der Waals surface area contributed by atoms with Gasteiger partial charge in [-0.3, -0.25) is 9.36 Å². The zero-order valence-corrected chi connectivity index (χ0v) is 16.2. The van der Waals surface area contributed by atoms with Crippen LogP contribution in [0, 0.1) is 0 Å². The molecule has 140 valence electrons. The molecule has 0 saturated heterocycles. The monoisotopic (exact) mass is 382 g/mol. The molecule has 0 bridgehead atoms. The van der Waals surface area contributed by atoms with E-state index in [1.54, 1.807) is 7.11 Å². The van der Waals surface area contributed by atoms with E-state index in [0.717, 1.165) is 23.4 Å². The number of aromatic nitrogens is 3. The molecule has 27 heavy (non-hydrogen) atoms. The summed E-state index contributed by atoms with van der Waals surface area (Å²) in [6, 6.07) is 17.6. The van der Waals surface area contributed by atoms with Crippen molar-refractivity contribution in [3.8, 4) is 22.8 Å². The maximum Gasteiger partial charge on any atom is 0.230 e. The van der Waals surface area contributed by atoms with E-state index in [1.165, 1.54) is 11.8 Å². The van der Waals surface area contributed by atoms with E-state index in [-0.39, 0.29) is 5.91 Å². The van der Waals surface area contributed by atoms with E-state index in [2.05, 4.69) is 15.5 Å². The molecule has 1 amide bonds. The van der Waals surface area contributed by atoms with E-state index < -0.39 is 0 Å². The summed E-state index contributed by atoms with van der Waals surface area (Å²) in [5.41, 5.74) is 1.84. The molecular formula is C20H22N4O2S. The summed E-state index contributed by atoms with van der Waals surface area (Å²) < 4.78 is 7.29. The maximum absolute atomic E-state index is 12.0. The summed E-state index contributed by atoms with van der Waals surface area (Å²) in [4.78, 5) is 12.0. The highest BCUT2D eigenvalue weighted by molar-refractivity contribution is 7.99. The van der Waals surface area contributed by atoms with Gasteiger partial charge in [-0.25, -0.2) is 0 Å². The third kappa shape index (κ3) is 4.68. The van der Waals surface area contributed by atoms with E-state index in [1.807, 2.05) is 66.1 Å². The number of hydrogen-bond acceptors (Lipinski definition) is 5. The minimum absolute atomic E-state index is 0.00704. The Morgan fingerprint density at radius 3 is 2.70 bits per heavy atom. The smallest absolute Gasteiger partial charge is 0.230 e. The molecule has 0 unspecified atom stereocenters. The number of benzene rings is 2. The molecule has 1 N–H and O–H groups in total. The van der Waals surface area contributed by atoms with E-state index >= 15 is 0 Å². The second-order valence-corrected chi connectivity index (χ2v) is 6.79. The predicted octanol–water partition coefficient (Wildman–Crippen LogP) is 3.56. The van der Waals surface area contributed by atoms with Gasteiger partial charge in [-0.15, -0.1) is 10.2 Å². The number of nitrogens with zero attached hydrogens (tertiary/aromatic N) is 3. The Kier molecular flexibility index (Phi) is 6.49. The van der Waals surface area contributed by atoms with Crippen molar-refractivity contribution in [1.82, 2.24) is 20.1 Å². The maximum atomic E-state index is 12.0. The number of hydrogen-bond donors (Lipinski definition) is 1. The van der Waals surface area contributed by atoms with Crippen molar-refractivity contribution in [2.45, 2.75) is 18.5 Å². The van der Waals surface area contributed by atoms with Crippen molar-refractivity contribution in [3.05, 3.63) is 54.6 Å². The van der Waals surface area contributed by atoms with Crippen LogP contribution in [-0.2, 0) is 4.79 Å². The fraction of sp³-hybridized carbons (Fsp3) is 0.250. The number of nitrogens with one attached hydrogen (secondary N) is 1. The molecular weight excluding hydrogens is 360 g/mol. The minimum Gasteiger partial charge on any atom is -0.497 e. The summed E-state index contributed by atoms with van der Waals surface area (Å²) in [5.74, 6) is 1.75. The SMILES string of the molecule is CCCNC(=O)CSc1nnc(-c2cccc(OC)c2)n1-c1ccccc1. The quantitative estimate of drug-likeness (QED) is 0.603. The van der Waals surface area contributed by atoms with Crippen LogP contribution in [0.25, 0.3) is 17.1 Å². The first-order valence-electron chi connectivity index (χ1n) is 8.77. The largest absolute Gasteiger partial charge is 0.497 e. The molecule has 0 spiro atoms. The van der Waals surface area contributed by atoms with Crippen LogP contribution >= 0.6 is 11.8 Å². The van der Waals surface area contributed by atoms with Crippen LogP contribution in [0.2, 0.25) is 0 Å². The highest BCUT2D eigenvalue weighted by atomic mass is 32.2. The first kappa shape index (κ1) is 19.0. The van der Waals surface area contributed by atoms with Crippen molar-refractivity contribution in [1.29, 1.82) is 0 Å². The average molecular weight is 382 g/mol. The molecule has 0 radical (unpaired) electrons. The van der Waals surface area contributed by atoms with Crippen molar-refractivity contribution in [2.75, 3.05) is 19.4 Å². The second-order valence-electron chi connectivity index (χ2n) is 5.85. The van der Waals surface area contributed by atoms with Gasteiger partial charge in [-0.05, 0) is 30.7 Å². The van der Waals surface area contributed by atoms with Gasteiger partial charge in [0.15, 0.2) is 11.0 Å². The standard InChI is InChI=1S/C20H22N4O2S/c1-3-12-21-18(25)14-27-20-23-22-19(15-8-7-11-17(13-15)26-2)24(20)16-9-5-4-6-10-16/h4-11,13H,3,12,14H2,1-2H3,(H,21,25). The Morgan fingerprint density at radius 1 is 1.15 bits per heavy atom. The van der Waals surface area contributed by atoms with Crippen LogP contribution in [0.1, 0.15) is 13.3 Å². The van der Waals surface area contributed by atoms with E-state index in [4.69, 9.17) is 4.74 Å². The third-order valence-corrected chi connectivity index (χ3v) is 4.81. The van der Waals surface area contributed by atoms with Gasteiger partial charge in [-0.2, -0.15) is 0 Å². The Bertz CT molecular complexity index is 896. The van der Waals surface area contributed by atoms with Crippen LogP contribution in [0.4, 0.5) is 0 Å². The molecule has 7 heteroatoms. The molecule has 1 aromatic heterocycles. The number of carbonyl (C=O) groups excluding carboxylic acids is 1. The summed E-state index contributed by atoms with van der Waals surface area (Å²) in [5, 5.41) is 12.3. The highest BCUT2D eigenvalue weighted by Gasteiger charge is 2.17. The van der Waals surface area contributed by atoms with Crippen LogP contribution in [0.3, 0.4) is 0 Å². The van der Waals surface area contributed by atoms with E-state index in [9.17, 15) is 4.79 Å². The summed E-state index contributed by atoms with van der Waals surface area (Å²) in [6.45, 7) is 2.71. The molecule has 0 atom stereocenters. The molecule has 0 aliphatic carbocycles. The molecule has 3 rings (SSSR count). The van der Waals surface area contributed by atoms with Gasteiger partial charge in [-0.1, -0.05) is 49.0 Å². The summed E-state index contributed by atoms with van der Waals surface area (Å²) >= 11 is 1.37. The van der Waals surface area contributed by atoms with Crippen molar-refractivity contribution >= 4 is 17.7 Å². The van der Waals surface area contributed by atoms with Gasteiger partial charge in [0.05, 0.1) is 12.9 Å². The van der Waals surface area contributed by atoms with Gasteiger partial charge in [0.1, 0.15) is 5.75 Å². The lowest BCUT2D eigenvalue weighted by molar-refractivity contribution is -0.118. The molecule has 0 saturated carbocycles. The topological polar surface area (TPSA) is 69.0 Å². The number of ether oxygens (including phenoxy) is 1. The molecule has 1 heterocycles. The van der Waals surface area contributed by atoms with Gasteiger partial charge in [0, 0.05) is 17.8 Å². The molecule has 0 aliphatic heterocycles. The van der Waals surface area contributed by atoms with Crippen LogP contribution in [-0.4, -0.2) is 40.1 Å². The molecule has 0 aliphatic rings. The van der Waals surface area contributed by atoms with Crippen molar-refractivity contribution < 1.29 is 9.53 Å². The van der Waals surface area contributed by atoms with Crippen LogP contribution < -0.4 is 10.1 Å². The Labute approximate surface area is 163 Å². The Morgan fingerprint density at radius 2 is 1.96 bits per heavy atom. The molecule has 6 nitrogen and oxygen atoms in total. The highest BCUT2D eigenvalue weighted by Crippen LogP contribution is 2.29. The fourth-order valence-electron chi connectivity index (χ4n) is 2.57. The summed E-state index contributed by atoms with van der Waals surface area (Å²) in [7, 11) is 1.64. The first-order chi connectivity index (χ1) is 13.2. The number of carbonyl (C=O) groups is 1. The zero-order valence-electron chi connectivity index (χ0n) is 15.4. The Hall–Kier alpha value is -2.80. The normalized spacial score (nSPS) is 10.6. The van der Waals surface area contributed by atoms with Crippen molar-refractivity contribution in [3.63, 3.8) is 0 Å². The first-order valence-corrected chi connectivity index (χ1v) is 9.76. The van der Waals surface area contributed by atoms with Gasteiger partial charge >= 0.3 is 0 Å². The number of para-hydroxylation sites is 1. The molecule has 2 aromatic carbocycles. The average Bonchev–Trinajstić information content (AvgIpc) is 3.15. The third-order valence-electron chi connectivity index (χ3n) is 3.88. The lowest BCUT2D eigenvalue weighted by Crippen LogP contribution is -2.25. The number of rotatable bonds is 8. The number of thioether (sulfide) groups is 1. The number of amides is 1. The van der Waals surface area contributed by atoms with E-state index in [0.29, 0.717) is 23.3 Å². The molecule has 0 fully saturated rings. The second kappa shape index (κ2) is 9.23. The van der Waals surface area contributed by atoms with Crippen LogP contribution in [0.5, 0.6) is 5.75 Å². The van der Waals surface area contributed by atoms with Gasteiger partial charge < -0.3 is 10.1 Å². The van der Waals surface area contributed by atoms with Gasteiger partial charge in [0.25, 0.3) is 0 Å². The number of methoxy groups -OCH3 is 1. The predicted molar refractivity (Wildman–Crippen MR) is 107 cm³/mol. The van der Waals surface area contributed by atoms with Crippen molar-refractivity contribution in [2.24, 2.45) is 0 Å². The lowest BCUT2D eigenvalue weighted by atomic mass is 10.2. The summed E-state index contributed by atoms with van der Waals surface area (Å²) in [6.07, 6.45) is 0.913. The molecule has 3 aromatic rings. The fourth-order valence-corrected chi connectivity index (χ4v) is 3.35. The van der Waals surface area contributed by atoms with Crippen LogP contribution in [0.15, 0.2) is 59.8 Å². The Balaban J connectivity index is 1.95.